The summed E-state index contributed by atoms with van der Waals surface area (Å²) in [7, 11) is 3.19. The normalized spacial score (nSPS) is 10.4. The van der Waals surface area contributed by atoms with Crippen molar-refractivity contribution in [2.75, 3.05) is 14.2 Å². The van der Waals surface area contributed by atoms with E-state index in [0.29, 0.717) is 11.7 Å². The lowest BCUT2D eigenvalue weighted by atomic mass is 10.2. The Morgan fingerprint density at radius 1 is 1.19 bits per heavy atom. The fraction of sp³-hybridized carbons (Fsp3) is 0.273. The third-order valence-corrected chi connectivity index (χ3v) is 2.29. The van der Waals surface area contributed by atoms with Gasteiger partial charge in [-0.05, 0) is 12.1 Å². The summed E-state index contributed by atoms with van der Waals surface area (Å²) in [5.74, 6) is 1.84. The molecular weight excluding hydrogens is 206 g/mol. The van der Waals surface area contributed by atoms with E-state index in [1.54, 1.807) is 14.2 Å². The number of hydrogen-bond acceptors (Lipinski definition) is 5. The summed E-state index contributed by atoms with van der Waals surface area (Å²) in [4.78, 5) is 8.51. The van der Waals surface area contributed by atoms with Crippen molar-refractivity contribution in [2.45, 2.75) is 6.54 Å². The van der Waals surface area contributed by atoms with Crippen molar-refractivity contribution in [1.82, 2.24) is 9.97 Å². The molecule has 0 aliphatic carbocycles. The molecule has 0 fully saturated rings. The molecule has 0 atom stereocenters. The molecule has 16 heavy (non-hydrogen) atoms. The highest BCUT2D eigenvalue weighted by Crippen LogP contribution is 2.25. The van der Waals surface area contributed by atoms with Gasteiger partial charge in [0.1, 0.15) is 11.6 Å². The second-order valence-corrected chi connectivity index (χ2v) is 3.24. The van der Waals surface area contributed by atoms with Gasteiger partial charge < -0.3 is 15.2 Å². The van der Waals surface area contributed by atoms with Crippen molar-refractivity contribution in [3.63, 3.8) is 0 Å². The second kappa shape index (κ2) is 4.32. The maximum atomic E-state index is 5.52. The number of nitrogens with two attached hydrogens (primary N) is 1. The number of rotatable bonds is 3. The molecule has 0 aliphatic rings. The van der Waals surface area contributed by atoms with E-state index in [1.807, 2.05) is 18.2 Å². The Morgan fingerprint density at radius 2 is 2.00 bits per heavy atom. The molecule has 1 aromatic carbocycles. The fourth-order valence-electron chi connectivity index (χ4n) is 1.50. The number of aromatic nitrogens is 2. The van der Waals surface area contributed by atoms with Crippen LogP contribution in [0, 0.1) is 0 Å². The van der Waals surface area contributed by atoms with Gasteiger partial charge in [-0.25, -0.2) is 4.98 Å². The lowest BCUT2D eigenvalue weighted by molar-refractivity contribution is 0.400. The van der Waals surface area contributed by atoms with Crippen LogP contribution in [-0.2, 0) is 6.54 Å². The van der Waals surface area contributed by atoms with Crippen molar-refractivity contribution in [2.24, 2.45) is 5.73 Å². The lowest BCUT2D eigenvalue weighted by Crippen LogP contribution is -2.04. The predicted octanol–water partition coefficient (Wildman–Crippen LogP) is 1.11. The lowest BCUT2D eigenvalue weighted by Gasteiger charge is -2.07. The molecule has 0 saturated carbocycles. The van der Waals surface area contributed by atoms with Gasteiger partial charge in [0.25, 0.3) is 0 Å². The van der Waals surface area contributed by atoms with Crippen LogP contribution in [0.5, 0.6) is 11.6 Å². The van der Waals surface area contributed by atoms with E-state index >= 15 is 0 Å². The molecule has 1 aromatic heterocycles. The third kappa shape index (κ3) is 1.77. The number of ether oxygens (including phenoxy) is 2. The zero-order valence-corrected chi connectivity index (χ0v) is 9.23. The smallest absolute Gasteiger partial charge is 0.224 e. The highest BCUT2D eigenvalue weighted by molar-refractivity contribution is 5.84. The number of hydrogen-bond donors (Lipinski definition) is 1. The Morgan fingerprint density at radius 3 is 2.62 bits per heavy atom. The summed E-state index contributed by atoms with van der Waals surface area (Å²) >= 11 is 0. The predicted molar refractivity (Wildman–Crippen MR) is 60.5 cm³/mol. The number of methoxy groups -OCH3 is 2. The third-order valence-electron chi connectivity index (χ3n) is 2.29. The minimum absolute atomic E-state index is 0.281. The zero-order valence-electron chi connectivity index (χ0n) is 9.23. The Labute approximate surface area is 93.2 Å². The molecule has 0 aliphatic heterocycles. The number of nitrogens with zero attached hydrogens (tertiary/aromatic N) is 2. The molecule has 2 aromatic rings. The maximum absolute atomic E-state index is 5.52. The van der Waals surface area contributed by atoms with Crippen LogP contribution in [-0.4, -0.2) is 24.2 Å². The number of fused-ring (bicyclic) bond motifs is 1. The average Bonchev–Trinajstić information content (AvgIpc) is 2.36. The van der Waals surface area contributed by atoms with Gasteiger partial charge in [0.15, 0.2) is 0 Å². The molecule has 1 heterocycles. The minimum Gasteiger partial charge on any atom is -0.497 e. The van der Waals surface area contributed by atoms with Gasteiger partial charge >= 0.3 is 0 Å². The van der Waals surface area contributed by atoms with Gasteiger partial charge in [-0.3, -0.25) is 0 Å². The Bertz CT molecular complexity index is 509. The molecule has 0 unspecified atom stereocenters. The van der Waals surface area contributed by atoms with E-state index in [0.717, 1.165) is 16.7 Å². The van der Waals surface area contributed by atoms with Crippen LogP contribution in [0.15, 0.2) is 18.2 Å². The Balaban J connectivity index is 2.68. The standard InChI is InChI=1S/C11H13N3O2/c1-15-7-3-4-8-9(5-7)13-10(6-12)14-11(8)16-2/h3-5H,6,12H2,1-2H3. The summed E-state index contributed by atoms with van der Waals surface area (Å²) in [5, 5.41) is 0.848. The molecule has 0 radical (unpaired) electrons. The molecule has 2 N–H and O–H groups in total. The summed E-state index contributed by atoms with van der Waals surface area (Å²) in [6.45, 7) is 0.281. The van der Waals surface area contributed by atoms with Crippen molar-refractivity contribution < 1.29 is 9.47 Å². The first-order valence-corrected chi connectivity index (χ1v) is 4.87. The molecule has 84 valence electrons. The van der Waals surface area contributed by atoms with E-state index in [4.69, 9.17) is 15.2 Å². The molecule has 0 saturated heterocycles. The van der Waals surface area contributed by atoms with E-state index < -0.39 is 0 Å². The monoisotopic (exact) mass is 219 g/mol. The van der Waals surface area contributed by atoms with E-state index in [1.165, 1.54) is 0 Å². The van der Waals surface area contributed by atoms with Crippen LogP contribution >= 0.6 is 0 Å². The molecule has 0 spiro atoms. The summed E-state index contributed by atoms with van der Waals surface area (Å²) in [6.07, 6.45) is 0. The average molecular weight is 219 g/mol. The topological polar surface area (TPSA) is 70.3 Å². The summed E-state index contributed by atoms with van der Waals surface area (Å²) in [6, 6.07) is 5.54. The van der Waals surface area contributed by atoms with Crippen LogP contribution in [0.1, 0.15) is 5.82 Å². The minimum atomic E-state index is 0.281. The quantitative estimate of drug-likeness (QED) is 0.837. The van der Waals surface area contributed by atoms with Gasteiger partial charge in [-0.2, -0.15) is 4.98 Å². The van der Waals surface area contributed by atoms with E-state index in [9.17, 15) is 0 Å². The molecule has 5 nitrogen and oxygen atoms in total. The van der Waals surface area contributed by atoms with Gasteiger partial charge in [-0.1, -0.05) is 0 Å². The van der Waals surface area contributed by atoms with Crippen molar-refractivity contribution in [3.8, 4) is 11.6 Å². The second-order valence-electron chi connectivity index (χ2n) is 3.24. The van der Waals surface area contributed by atoms with Crippen LogP contribution in [0.3, 0.4) is 0 Å². The van der Waals surface area contributed by atoms with Crippen molar-refractivity contribution in [3.05, 3.63) is 24.0 Å². The first-order chi connectivity index (χ1) is 7.78. The van der Waals surface area contributed by atoms with Crippen LogP contribution < -0.4 is 15.2 Å². The first-order valence-electron chi connectivity index (χ1n) is 4.87. The fourth-order valence-corrected chi connectivity index (χ4v) is 1.50. The van der Waals surface area contributed by atoms with Crippen LogP contribution in [0.25, 0.3) is 10.9 Å². The highest BCUT2D eigenvalue weighted by Gasteiger charge is 2.07. The van der Waals surface area contributed by atoms with Gasteiger partial charge in [0, 0.05) is 6.07 Å². The van der Waals surface area contributed by atoms with E-state index in [2.05, 4.69) is 9.97 Å². The molecular formula is C11H13N3O2. The molecule has 0 amide bonds. The number of benzene rings is 1. The van der Waals surface area contributed by atoms with Crippen molar-refractivity contribution in [1.29, 1.82) is 0 Å². The summed E-state index contributed by atoms with van der Waals surface area (Å²) < 4.78 is 10.3. The first kappa shape index (κ1) is 10.6. The SMILES string of the molecule is COc1ccc2c(OC)nc(CN)nc2c1. The van der Waals surface area contributed by atoms with E-state index in [-0.39, 0.29) is 6.54 Å². The van der Waals surface area contributed by atoms with Gasteiger partial charge in [-0.15, -0.1) is 0 Å². The largest absolute Gasteiger partial charge is 0.497 e. The van der Waals surface area contributed by atoms with Gasteiger partial charge in [0.05, 0.1) is 31.7 Å². The van der Waals surface area contributed by atoms with Crippen LogP contribution in [0.4, 0.5) is 0 Å². The molecule has 2 rings (SSSR count). The highest BCUT2D eigenvalue weighted by atomic mass is 16.5. The zero-order chi connectivity index (χ0) is 11.5. The maximum Gasteiger partial charge on any atom is 0.224 e. The van der Waals surface area contributed by atoms with Crippen LogP contribution in [0.2, 0.25) is 0 Å². The molecule has 0 bridgehead atoms. The summed E-state index contributed by atoms with van der Waals surface area (Å²) in [5.41, 5.74) is 6.29. The van der Waals surface area contributed by atoms with Crippen molar-refractivity contribution >= 4 is 10.9 Å². The van der Waals surface area contributed by atoms with Gasteiger partial charge in [0.2, 0.25) is 5.88 Å². The Kier molecular flexibility index (Phi) is 2.87. The Hall–Kier alpha value is -1.88. The molecule has 5 heteroatoms.